The number of carbonyl (C=O) groups is 1. The van der Waals surface area contributed by atoms with Crippen LogP contribution >= 0.6 is 11.3 Å². The van der Waals surface area contributed by atoms with Gasteiger partial charge in [-0.3, -0.25) is 4.79 Å². The topological polar surface area (TPSA) is 55.6 Å². The highest BCUT2D eigenvalue weighted by Crippen LogP contribution is 2.20. The van der Waals surface area contributed by atoms with E-state index >= 15 is 0 Å². The molecule has 0 saturated carbocycles. The van der Waals surface area contributed by atoms with Crippen LogP contribution < -0.4 is 4.74 Å². The van der Waals surface area contributed by atoms with E-state index in [1.807, 2.05) is 43.5 Å². The molecule has 140 valence electrons. The quantitative estimate of drug-likeness (QED) is 0.527. The number of benzene rings is 1. The summed E-state index contributed by atoms with van der Waals surface area (Å²) in [4.78, 5) is 15.9. The average Bonchev–Trinajstić information content (AvgIpc) is 3.29. The molecule has 0 aliphatic carbocycles. The van der Waals surface area contributed by atoms with E-state index in [-0.39, 0.29) is 5.91 Å². The smallest absolute Gasteiger partial charge is 0.254 e. The van der Waals surface area contributed by atoms with Gasteiger partial charge in [-0.25, -0.2) is 0 Å². The van der Waals surface area contributed by atoms with E-state index in [4.69, 9.17) is 9.26 Å². The van der Waals surface area contributed by atoms with Gasteiger partial charge in [0.1, 0.15) is 18.1 Å². The number of hydrogen-bond donors (Lipinski definition) is 0. The van der Waals surface area contributed by atoms with Crippen molar-refractivity contribution in [2.45, 2.75) is 27.0 Å². The molecule has 0 aliphatic rings. The first-order valence-electron chi connectivity index (χ1n) is 8.65. The van der Waals surface area contributed by atoms with Gasteiger partial charge in [0.05, 0.1) is 17.8 Å². The molecule has 2 heterocycles. The maximum Gasteiger partial charge on any atom is 0.254 e. The molecule has 0 fully saturated rings. The summed E-state index contributed by atoms with van der Waals surface area (Å²) in [5, 5.41) is 5.94. The van der Waals surface area contributed by atoms with Crippen LogP contribution in [0, 0.1) is 13.8 Å². The first-order chi connectivity index (χ1) is 13.1. The van der Waals surface area contributed by atoms with E-state index in [1.54, 1.807) is 34.4 Å². The molecule has 5 nitrogen and oxygen atoms in total. The van der Waals surface area contributed by atoms with Crippen LogP contribution in [0.4, 0.5) is 0 Å². The van der Waals surface area contributed by atoms with Crippen molar-refractivity contribution < 1.29 is 14.1 Å². The Morgan fingerprint density at radius 3 is 2.85 bits per heavy atom. The van der Waals surface area contributed by atoms with Gasteiger partial charge in [-0.15, -0.1) is 17.9 Å². The highest BCUT2D eigenvalue weighted by atomic mass is 32.1. The second kappa shape index (κ2) is 8.68. The predicted octanol–water partition coefficient (Wildman–Crippen LogP) is 4.76. The standard InChI is InChI=1S/C21H22N2O3S/c1-4-10-23(13-19-9-6-11-27-19)21(24)17-7-5-8-18(12-17)25-14-20-15(2)22-26-16(20)3/h4-9,11-12H,1,10,13-14H2,2-3H3. The SMILES string of the molecule is C=CCN(Cc1cccs1)C(=O)c1cccc(OCc2c(C)noc2C)c1. The van der Waals surface area contributed by atoms with Gasteiger partial charge in [0.15, 0.2) is 0 Å². The lowest BCUT2D eigenvalue weighted by Gasteiger charge is -2.21. The second-order valence-electron chi connectivity index (χ2n) is 6.17. The largest absolute Gasteiger partial charge is 0.489 e. The van der Waals surface area contributed by atoms with Gasteiger partial charge in [-0.2, -0.15) is 0 Å². The summed E-state index contributed by atoms with van der Waals surface area (Å²) in [6.45, 7) is 8.91. The molecule has 3 aromatic rings. The van der Waals surface area contributed by atoms with Gasteiger partial charge in [0.25, 0.3) is 5.91 Å². The van der Waals surface area contributed by atoms with Crippen molar-refractivity contribution >= 4 is 17.2 Å². The van der Waals surface area contributed by atoms with Gasteiger partial charge < -0.3 is 14.2 Å². The van der Waals surface area contributed by atoms with E-state index in [2.05, 4.69) is 11.7 Å². The molecule has 6 heteroatoms. The van der Waals surface area contributed by atoms with Crippen molar-refractivity contribution in [2.24, 2.45) is 0 Å². The normalized spacial score (nSPS) is 10.6. The Labute approximate surface area is 162 Å². The van der Waals surface area contributed by atoms with Crippen molar-refractivity contribution in [1.82, 2.24) is 10.1 Å². The number of nitrogens with zero attached hydrogens (tertiary/aromatic N) is 2. The van der Waals surface area contributed by atoms with Crippen molar-refractivity contribution in [3.05, 3.63) is 81.9 Å². The Kier molecular flexibility index (Phi) is 6.08. The fourth-order valence-corrected chi connectivity index (χ4v) is 3.45. The van der Waals surface area contributed by atoms with E-state index < -0.39 is 0 Å². The Morgan fingerprint density at radius 1 is 1.33 bits per heavy atom. The zero-order valence-electron chi connectivity index (χ0n) is 15.5. The van der Waals surface area contributed by atoms with Gasteiger partial charge in [0, 0.05) is 17.0 Å². The number of hydrogen-bond acceptors (Lipinski definition) is 5. The molecular weight excluding hydrogens is 360 g/mol. The molecule has 1 aromatic carbocycles. The lowest BCUT2D eigenvalue weighted by molar-refractivity contribution is 0.0763. The van der Waals surface area contributed by atoms with Crippen molar-refractivity contribution in [1.29, 1.82) is 0 Å². The number of amides is 1. The molecular formula is C21H22N2O3S. The molecule has 1 amide bonds. The van der Waals surface area contributed by atoms with E-state index in [1.165, 1.54) is 0 Å². The van der Waals surface area contributed by atoms with Crippen LogP contribution in [0.1, 0.15) is 32.3 Å². The van der Waals surface area contributed by atoms with Gasteiger partial charge in [-0.1, -0.05) is 23.4 Å². The summed E-state index contributed by atoms with van der Waals surface area (Å²) in [5.74, 6) is 1.33. The minimum Gasteiger partial charge on any atom is -0.489 e. The Bertz CT molecular complexity index is 896. The summed E-state index contributed by atoms with van der Waals surface area (Å²) < 4.78 is 11.0. The van der Waals surface area contributed by atoms with Crippen molar-refractivity contribution in [2.75, 3.05) is 6.54 Å². The average molecular weight is 382 g/mol. The van der Waals surface area contributed by atoms with Crippen molar-refractivity contribution in [3.8, 4) is 5.75 Å². The third-order valence-electron chi connectivity index (χ3n) is 4.21. The molecule has 0 atom stereocenters. The molecule has 0 spiro atoms. The third kappa shape index (κ3) is 4.65. The molecule has 0 saturated heterocycles. The monoisotopic (exact) mass is 382 g/mol. The fraction of sp³-hybridized carbons (Fsp3) is 0.238. The summed E-state index contributed by atoms with van der Waals surface area (Å²) in [7, 11) is 0. The number of aryl methyl sites for hydroxylation is 2. The third-order valence-corrected chi connectivity index (χ3v) is 5.07. The summed E-state index contributed by atoms with van der Waals surface area (Å²) in [5.41, 5.74) is 2.33. The molecule has 0 radical (unpaired) electrons. The predicted molar refractivity (Wildman–Crippen MR) is 106 cm³/mol. The van der Waals surface area contributed by atoms with Crippen LogP contribution in [0.25, 0.3) is 0 Å². The summed E-state index contributed by atoms with van der Waals surface area (Å²) >= 11 is 1.63. The summed E-state index contributed by atoms with van der Waals surface area (Å²) in [6, 6.07) is 11.2. The molecule has 0 bridgehead atoms. The maximum absolute atomic E-state index is 13.0. The van der Waals surface area contributed by atoms with Crippen LogP contribution in [0.5, 0.6) is 5.75 Å². The zero-order chi connectivity index (χ0) is 19.2. The summed E-state index contributed by atoms with van der Waals surface area (Å²) in [6.07, 6.45) is 1.74. The minimum atomic E-state index is -0.0499. The van der Waals surface area contributed by atoms with Crippen molar-refractivity contribution in [3.63, 3.8) is 0 Å². The zero-order valence-corrected chi connectivity index (χ0v) is 16.3. The number of ether oxygens (including phenoxy) is 1. The van der Waals surface area contributed by atoms with Crippen LogP contribution in [-0.2, 0) is 13.2 Å². The maximum atomic E-state index is 13.0. The van der Waals surface area contributed by atoms with Crippen LogP contribution in [0.2, 0.25) is 0 Å². The molecule has 27 heavy (non-hydrogen) atoms. The van der Waals surface area contributed by atoms with Gasteiger partial charge in [0.2, 0.25) is 0 Å². The van der Waals surface area contributed by atoms with Gasteiger partial charge >= 0.3 is 0 Å². The minimum absolute atomic E-state index is 0.0499. The Morgan fingerprint density at radius 2 is 2.19 bits per heavy atom. The van der Waals surface area contributed by atoms with Crippen LogP contribution in [0.15, 0.2) is 59.0 Å². The van der Waals surface area contributed by atoms with E-state index in [9.17, 15) is 4.79 Å². The fourth-order valence-electron chi connectivity index (χ4n) is 2.73. The number of aromatic nitrogens is 1. The highest BCUT2D eigenvalue weighted by Gasteiger charge is 2.16. The van der Waals surface area contributed by atoms with E-state index in [0.29, 0.717) is 31.0 Å². The van der Waals surface area contributed by atoms with Gasteiger partial charge in [-0.05, 0) is 43.5 Å². The van der Waals surface area contributed by atoms with Crippen LogP contribution in [-0.4, -0.2) is 22.5 Å². The number of thiophene rings is 1. The Balaban J connectivity index is 1.72. The number of rotatable bonds is 8. The molecule has 0 aliphatic heterocycles. The molecule has 2 aromatic heterocycles. The molecule has 3 rings (SSSR count). The lowest BCUT2D eigenvalue weighted by atomic mass is 10.1. The lowest BCUT2D eigenvalue weighted by Crippen LogP contribution is -2.30. The first-order valence-corrected chi connectivity index (χ1v) is 9.53. The first kappa shape index (κ1) is 18.9. The molecule has 0 N–H and O–H groups in total. The highest BCUT2D eigenvalue weighted by molar-refractivity contribution is 7.09. The Hall–Kier alpha value is -2.86. The van der Waals surface area contributed by atoms with E-state index in [0.717, 1.165) is 21.9 Å². The second-order valence-corrected chi connectivity index (χ2v) is 7.21. The number of carbonyl (C=O) groups excluding carboxylic acids is 1. The molecule has 0 unspecified atom stereocenters. The van der Waals surface area contributed by atoms with Crippen LogP contribution in [0.3, 0.4) is 0 Å².